The van der Waals surface area contributed by atoms with Gasteiger partial charge in [-0.1, -0.05) is 6.07 Å². The van der Waals surface area contributed by atoms with Gasteiger partial charge >= 0.3 is 6.18 Å². The normalized spacial score (nSPS) is 10.8. The Bertz CT molecular complexity index is 404. The number of halogens is 5. The number of rotatable bonds is 3. The van der Waals surface area contributed by atoms with Gasteiger partial charge in [-0.2, -0.15) is 13.2 Å². The highest BCUT2D eigenvalue weighted by molar-refractivity contribution is 5.85. The van der Waals surface area contributed by atoms with Crippen LogP contribution in [-0.4, -0.2) is 5.84 Å². The van der Waals surface area contributed by atoms with Gasteiger partial charge in [0.2, 0.25) is 0 Å². The molecule has 0 saturated carbocycles. The number of alkyl halides is 3. The number of hydrogen-bond acceptors (Lipinski definition) is 1. The van der Waals surface area contributed by atoms with Crippen LogP contribution in [0.1, 0.15) is 17.5 Å². The van der Waals surface area contributed by atoms with E-state index in [0.29, 0.717) is 6.07 Å². The van der Waals surface area contributed by atoms with Gasteiger partial charge in [0.1, 0.15) is 5.82 Å². The minimum absolute atomic E-state index is 0. The van der Waals surface area contributed by atoms with Crippen LogP contribution in [0.25, 0.3) is 0 Å². The van der Waals surface area contributed by atoms with E-state index < -0.39 is 17.6 Å². The molecule has 0 unspecified atom stereocenters. The zero-order chi connectivity index (χ0) is 12.3. The lowest BCUT2D eigenvalue weighted by Gasteiger charge is -2.12. The Balaban J connectivity index is 0.00000256. The summed E-state index contributed by atoms with van der Waals surface area (Å²) in [5.41, 5.74) is 4.00. The van der Waals surface area contributed by atoms with Crippen LogP contribution in [0, 0.1) is 11.2 Å². The minimum atomic E-state index is -4.59. The van der Waals surface area contributed by atoms with Crippen molar-refractivity contribution in [2.45, 2.75) is 19.0 Å². The second-order valence-electron chi connectivity index (χ2n) is 3.32. The Kier molecular flexibility index (Phi) is 5.41. The lowest BCUT2D eigenvalue weighted by atomic mass is 10.0. The first-order valence-electron chi connectivity index (χ1n) is 4.49. The predicted molar refractivity (Wildman–Crippen MR) is 58.9 cm³/mol. The summed E-state index contributed by atoms with van der Waals surface area (Å²) in [7, 11) is 0. The van der Waals surface area contributed by atoms with Crippen LogP contribution in [0.3, 0.4) is 0 Å². The molecule has 0 amide bonds. The zero-order valence-electron chi connectivity index (χ0n) is 8.64. The summed E-state index contributed by atoms with van der Waals surface area (Å²) < 4.78 is 50.2. The number of amidine groups is 1. The van der Waals surface area contributed by atoms with Crippen LogP contribution in [-0.2, 0) is 12.6 Å². The molecule has 0 heterocycles. The fraction of sp³-hybridized carbons (Fsp3) is 0.300. The van der Waals surface area contributed by atoms with E-state index in [1.54, 1.807) is 0 Å². The summed E-state index contributed by atoms with van der Waals surface area (Å²) in [4.78, 5) is 0. The Morgan fingerprint density at radius 1 is 1.29 bits per heavy atom. The molecule has 0 atom stereocenters. The lowest BCUT2D eigenvalue weighted by molar-refractivity contribution is -0.138. The summed E-state index contributed by atoms with van der Waals surface area (Å²) in [6.45, 7) is 0. The Labute approximate surface area is 102 Å². The third-order valence-corrected chi connectivity index (χ3v) is 2.04. The van der Waals surface area contributed by atoms with Crippen molar-refractivity contribution in [2.75, 3.05) is 0 Å². The SMILES string of the molecule is Cl.N=C(N)CCc1ccc(F)cc1C(F)(F)F. The van der Waals surface area contributed by atoms with Crippen molar-refractivity contribution in [3.05, 3.63) is 35.1 Å². The molecule has 0 aliphatic carbocycles. The molecule has 2 nitrogen and oxygen atoms in total. The van der Waals surface area contributed by atoms with E-state index in [9.17, 15) is 17.6 Å². The highest BCUT2D eigenvalue weighted by Gasteiger charge is 2.33. The first-order chi connectivity index (χ1) is 7.30. The van der Waals surface area contributed by atoms with Gasteiger partial charge in [-0.15, -0.1) is 12.4 Å². The summed E-state index contributed by atoms with van der Waals surface area (Å²) in [6.07, 6.45) is -4.59. The molecule has 0 aromatic heterocycles. The number of nitrogens with two attached hydrogens (primary N) is 1. The molecule has 1 aromatic rings. The topological polar surface area (TPSA) is 49.9 Å². The molecule has 1 rings (SSSR count). The standard InChI is InChI=1S/C10H10F4N2.ClH/c11-7-3-1-6(2-4-9(15)16)8(5-7)10(12,13)14;/h1,3,5H,2,4H2,(H3,15,16);1H. The maximum atomic E-state index is 12.7. The van der Waals surface area contributed by atoms with Crippen molar-refractivity contribution in [1.29, 1.82) is 5.41 Å². The van der Waals surface area contributed by atoms with Gasteiger partial charge < -0.3 is 5.73 Å². The predicted octanol–water partition coefficient (Wildman–Crippen LogP) is 3.13. The second-order valence-corrected chi connectivity index (χ2v) is 3.32. The molecule has 0 aliphatic heterocycles. The Morgan fingerprint density at radius 2 is 1.88 bits per heavy atom. The van der Waals surface area contributed by atoms with E-state index in [2.05, 4.69) is 0 Å². The van der Waals surface area contributed by atoms with Crippen molar-refractivity contribution in [3.63, 3.8) is 0 Å². The first kappa shape index (κ1) is 15.7. The van der Waals surface area contributed by atoms with E-state index >= 15 is 0 Å². The average molecular weight is 271 g/mol. The lowest BCUT2D eigenvalue weighted by Crippen LogP contribution is -2.14. The van der Waals surface area contributed by atoms with Gasteiger partial charge in [-0.25, -0.2) is 4.39 Å². The van der Waals surface area contributed by atoms with Gasteiger partial charge in [0.25, 0.3) is 0 Å². The van der Waals surface area contributed by atoms with E-state index in [4.69, 9.17) is 11.1 Å². The molecule has 96 valence electrons. The van der Waals surface area contributed by atoms with Crippen molar-refractivity contribution < 1.29 is 17.6 Å². The average Bonchev–Trinajstić information content (AvgIpc) is 2.14. The first-order valence-corrected chi connectivity index (χ1v) is 4.49. The summed E-state index contributed by atoms with van der Waals surface area (Å²) in [6, 6.07) is 2.49. The molecule has 17 heavy (non-hydrogen) atoms. The van der Waals surface area contributed by atoms with Crippen LogP contribution in [0.5, 0.6) is 0 Å². The second kappa shape index (κ2) is 5.86. The van der Waals surface area contributed by atoms with Crippen molar-refractivity contribution in [2.24, 2.45) is 5.73 Å². The van der Waals surface area contributed by atoms with E-state index in [1.165, 1.54) is 0 Å². The Hall–Kier alpha value is -1.30. The fourth-order valence-electron chi connectivity index (χ4n) is 1.30. The summed E-state index contributed by atoms with van der Waals surface area (Å²) in [5, 5.41) is 6.93. The van der Waals surface area contributed by atoms with Crippen molar-refractivity contribution in [3.8, 4) is 0 Å². The van der Waals surface area contributed by atoms with Crippen molar-refractivity contribution in [1.82, 2.24) is 0 Å². The maximum absolute atomic E-state index is 12.7. The van der Waals surface area contributed by atoms with Gasteiger partial charge in [0, 0.05) is 6.42 Å². The van der Waals surface area contributed by atoms with Crippen LogP contribution in [0.4, 0.5) is 17.6 Å². The van der Waals surface area contributed by atoms with E-state index in [-0.39, 0.29) is 36.6 Å². The molecule has 0 fully saturated rings. The molecular weight excluding hydrogens is 260 g/mol. The summed E-state index contributed by atoms with van der Waals surface area (Å²) >= 11 is 0. The molecule has 0 bridgehead atoms. The van der Waals surface area contributed by atoms with Gasteiger partial charge in [-0.3, -0.25) is 5.41 Å². The van der Waals surface area contributed by atoms with Gasteiger partial charge in [0.15, 0.2) is 0 Å². The van der Waals surface area contributed by atoms with Crippen LogP contribution in [0.15, 0.2) is 18.2 Å². The van der Waals surface area contributed by atoms with Crippen LogP contribution >= 0.6 is 12.4 Å². The highest BCUT2D eigenvalue weighted by Crippen LogP contribution is 2.32. The van der Waals surface area contributed by atoms with Gasteiger partial charge in [0.05, 0.1) is 11.4 Å². The maximum Gasteiger partial charge on any atom is 0.416 e. The molecule has 0 saturated heterocycles. The molecule has 0 spiro atoms. The zero-order valence-corrected chi connectivity index (χ0v) is 9.46. The highest BCUT2D eigenvalue weighted by atomic mass is 35.5. The number of nitrogens with one attached hydrogen (secondary N) is 1. The molecule has 1 aromatic carbocycles. The molecule has 3 N–H and O–H groups in total. The molecule has 7 heteroatoms. The molecule has 0 radical (unpaired) electrons. The third kappa shape index (κ3) is 4.60. The monoisotopic (exact) mass is 270 g/mol. The van der Waals surface area contributed by atoms with Crippen molar-refractivity contribution >= 4 is 18.2 Å². The number of aryl methyl sites for hydroxylation is 1. The molecule has 0 aliphatic rings. The van der Waals surface area contributed by atoms with Gasteiger partial charge in [-0.05, 0) is 24.1 Å². The van der Waals surface area contributed by atoms with Crippen LogP contribution < -0.4 is 5.73 Å². The largest absolute Gasteiger partial charge is 0.416 e. The minimum Gasteiger partial charge on any atom is -0.388 e. The quantitative estimate of drug-likeness (QED) is 0.495. The smallest absolute Gasteiger partial charge is 0.388 e. The number of benzene rings is 1. The third-order valence-electron chi connectivity index (χ3n) is 2.04. The fourth-order valence-corrected chi connectivity index (χ4v) is 1.30. The summed E-state index contributed by atoms with van der Waals surface area (Å²) in [5.74, 6) is -1.13. The van der Waals surface area contributed by atoms with E-state index in [0.717, 1.165) is 12.1 Å². The van der Waals surface area contributed by atoms with Crippen LogP contribution in [0.2, 0.25) is 0 Å². The van der Waals surface area contributed by atoms with E-state index in [1.807, 2.05) is 0 Å². The molecular formula is C10H11ClF4N2. The number of hydrogen-bond donors (Lipinski definition) is 2. The Morgan fingerprint density at radius 3 is 2.35 bits per heavy atom.